The predicted molar refractivity (Wildman–Crippen MR) is 100 cm³/mol. The Labute approximate surface area is 169 Å². The van der Waals surface area contributed by atoms with Crippen molar-refractivity contribution in [1.29, 1.82) is 0 Å². The van der Waals surface area contributed by atoms with Gasteiger partial charge in [0.25, 0.3) is 5.91 Å². The van der Waals surface area contributed by atoms with Crippen LogP contribution in [-0.2, 0) is 18.3 Å². The number of nitrogens with zero attached hydrogens (tertiary/aromatic N) is 4. The fourth-order valence-corrected chi connectivity index (χ4v) is 4.43. The minimum Gasteiger partial charge on any atom is -0.386 e. The monoisotopic (exact) mass is 433 g/mol. The van der Waals surface area contributed by atoms with Crippen LogP contribution in [0.15, 0.2) is 43.0 Å². The number of amides is 1. The highest BCUT2D eigenvalue weighted by Crippen LogP contribution is 2.52. The number of nitrogens with one attached hydrogen (secondary N) is 1. The molecule has 3 aromatic rings. The van der Waals surface area contributed by atoms with Crippen molar-refractivity contribution in [2.45, 2.75) is 24.5 Å². The fraction of sp³-hybridized carbons (Fsp3) is 0.294. The van der Waals surface area contributed by atoms with E-state index in [2.05, 4.69) is 20.3 Å². The summed E-state index contributed by atoms with van der Waals surface area (Å²) in [6, 6.07) is 8.62. The van der Waals surface area contributed by atoms with Crippen LogP contribution >= 0.6 is 7.82 Å². The highest BCUT2D eigenvalue weighted by atomic mass is 31.2. The number of aromatic nitrogens is 4. The summed E-state index contributed by atoms with van der Waals surface area (Å²) < 4.78 is 28.6. The first-order valence-electron chi connectivity index (χ1n) is 8.96. The van der Waals surface area contributed by atoms with Crippen molar-refractivity contribution in [2.75, 3.05) is 11.9 Å². The molecule has 0 saturated carbocycles. The second-order valence-corrected chi connectivity index (χ2v) is 8.16. The number of carbonyl (C=O) groups is 1. The quantitative estimate of drug-likeness (QED) is 0.506. The number of rotatable bonds is 3. The lowest BCUT2D eigenvalue weighted by molar-refractivity contribution is -0.0664. The van der Waals surface area contributed by atoms with Crippen molar-refractivity contribution >= 4 is 30.7 Å². The summed E-state index contributed by atoms with van der Waals surface area (Å²) in [5.74, 6) is -0.172. The second-order valence-electron chi connectivity index (χ2n) is 6.76. The van der Waals surface area contributed by atoms with Crippen LogP contribution in [0.2, 0.25) is 0 Å². The number of carbonyl (C=O) groups excluding carboxylic acids is 1. The Hall–Kier alpha value is -2.73. The van der Waals surface area contributed by atoms with Gasteiger partial charge in [-0.25, -0.2) is 19.5 Å². The number of imidazole rings is 1. The number of hydrogen-bond acceptors (Lipinski definition) is 9. The van der Waals surface area contributed by atoms with Gasteiger partial charge in [-0.1, -0.05) is 18.2 Å². The molecule has 4 heterocycles. The van der Waals surface area contributed by atoms with Crippen LogP contribution in [0.4, 0.5) is 5.82 Å². The number of hydrogen-bond donors (Lipinski definition) is 3. The number of anilines is 1. The third kappa shape index (κ3) is 3.29. The first kappa shape index (κ1) is 19.2. The van der Waals surface area contributed by atoms with E-state index in [-0.39, 0.29) is 23.8 Å². The molecule has 2 saturated heterocycles. The van der Waals surface area contributed by atoms with E-state index in [0.717, 1.165) is 0 Å². The Kier molecular flexibility index (Phi) is 4.62. The van der Waals surface area contributed by atoms with Gasteiger partial charge in [-0.2, -0.15) is 0 Å². The third-order valence-electron chi connectivity index (χ3n) is 4.87. The lowest BCUT2D eigenvalue weighted by Gasteiger charge is -2.27. The molecule has 2 aliphatic rings. The zero-order chi connectivity index (χ0) is 20.9. The van der Waals surface area contributed by atoms with Crippen molar-refractivity contribution in [1.82, 2.24) is 19.5 Å². The second kappa shape index (κ2) is 7.20. The third-order valence-corrected chi connectivity index (χ3v) is 5.85. The zero-order valence-corrected chi connectivity index (χ0v) is 16.1. The molecule has 2 fully saturated rings. The molecule has 0 bridgehead atoms. The summed E-state index contributed by atoms with van der Waals surface area (Å²) in [6.45, 7) is -0.202. The molecule has 30 heavy (non-hydrogen) atoms. The molecule has 156 valence electrons. The summed E-state index contributed by atoms with van der Waals surface area (Å²) in [4.78, 5) is 34.5. The van der Waals surface area contributed by atoms with Gasteiger partial charge in [0.1, 0.15) is 24.6 Å². The maximum Gasteiger partial charge on any atom is 0.472 e. The Balaban J connectivity index is 1.44. The van der Waals surface area contributed by atoms with Gasteiger partial charge in [-0.3, -0.25) is 18.4 Å². The summed E-state index contributed by atoms with van der Waals surface area (Å²) in [5.41, 5.74) is 1.04. The van der Waals surface area contributed by atoms with E-state index in [1.165, 1.54) is 17.2 Å². The molecule has 1 amide bonds. The Bertz CT molecular complexity index is 1160. The zero-order valence-electron chi connectivity index (χ0n) is 15.2. The molecule has 2 aliphatic heterocycles. The van der Waals surface area contributed by atoms with Gasteiger partial charge in [-0.05, 0) is 12.1 Å². The standard InChI is InChI=1S/C17H16N5O7P/c23-12-13-10(6-27-30(25,26)29-13)28-17(12)22-8-20-11-14(18-7-19-15(11)22)21-16(24)9-4-2-1-3-5-9/h1-5,7-8,10,12-13,17,23H,6H2,(H,25,26)(H,18,19,21,24). The average Bonchev–Trinajstić information content (AvgIpc) is 3.30. The molecular weight excluding hydrogens is 417 g/mol. The topological polar surface area (TPSA) is 158 Å². The van der Waals surface area contributed by atoms with E-state index < -0.39 is 32.4 Å². The molecule has 12 nitrogen and oxygen atoms in total. The lowest BCUT2D eigenvalue weighted by Crippen LogP contribution is -2.39. The number of phosphoric acid groups is 1. The molecule has 3 N–H and O–H groups in total. The Morgan fingerprint density at radius 3 is 2.83 bits per heavy atom. The number of aliphatic hydroxyl groups excluding tert-OH is 1. The highest BCUT2D eigenvalue weighted by molar-refractivity contribution is 7.47. The van der Waals surface area contributed by atoms with Gasteiger partial charge < -0.3 is 20.1 Å². The molecule has 5 unspecified atom stereocenters. The highest BCUT2D eigenvalue weighted by Gasteiger charge is 2.52. The molecule has 2 aromatic heterocycles. The van der Waals surface area contributed by atoms with Crippen LogP contribution in [-0.4, -0.2) is 60.3 Å². The van der Waals surface area contributed by atoms with Crippen LogP contribution in [0.1, 0.15) is 16.6 Å². The summed E-state index contributed by atoms with van der Waals surface area (Å²) >= 11 is 0. The van der Waals surface area contributed by atoms with Crippen molar-refractivity contribution in [3.8, 4) is 0 Å². The SMILES string of the molecule is O=C(Nc1ncnc2c1ncn2C1OC2COP(=O)(O)OC2C1O)c1ccccc1. The summed E-state index contributed by atoms with van der Waals surface area (Å²) in [5, 5.41) is 13.3. The normalized spacial score (nSPS) is 30.9. The van der Waals surface area contributed by atoms with Gasteiger partial charge in [0.05, 0.1) is 12.9 Å². The van der Waals surface area contributed by atoms with Gasteiger partial charge in [0.2, 0.25) is 0 Å². The minimum atomic E-state index is -4.24. The van der Waals surface area contributed by atoms with Gasteiger partial charge in [-0.15, -0.1) is 0 Å². The number of aliphatic hydroxyl groups is 1. The first-order valence-corrected chi connectivity index (χ1v) is 10.5. The molecule has 0 spiro atoms. The van der Waals surface area contributed by atoms with Crippen LogP contribution in [0.25, 0.3) is 11.2 Å². The smallest absolute Gasteiger partial charge is 0.386 e. The maximum absolute atomic E-state index is 12.5. The minimum absolute atomic E-state index is 0.192. The molecule has 1 aromatic carbocycles. The molecule has 0 aliphatic carbocycles. The van der Waals surface area contributed by atoms with Crippen LogP contribution in [0, 0.1) is 0 Å². The Morgan fingerprint density at radius 1 is 1.23 bits per heavy atom. The molecule has 0 radical (unpaired) electrons. The number of phosphoric ester groups is 1. The Morgan fingerprint density at radius 2 is 2.03 bits per heavy atom. The number of fused-ring (bicyclic) bond motifs is 2. The van der Waals surface area contributed by atoms with E-state index in [0.29, 0.717) is 11.2 Å². The average molecular weight is 433 g/mol. The number of ether oxygens (including phenoxy) is 1. The molecular formula is C17H16N5O7P. The molecule has 5 atom stereocenters. The van der Waals surface area contributed by atoms with Gasteiger partial charge in [0, 0.05) is 5.56 Å². The van der Waals surface area contributed by atoms with Crippen LogP contribution in [0.5, 0.6) is 0 Å². The first-order chi connectivity index (χ1) is 14.4. The maximum atomic E-state index is 12.5. The van der Waals surface area contributed by atoms with Crippen molar-refractivity contribution in [2.24, 2.45) is 0 Å². The molecule has 13 heteroatoms. The van der Waals surface area contributed by atoms with Crippen molar-refractivity contribution in [3.05, 3.63) is 48.5 Å². The van der Waals surface area contributed by atoms with Gasteiger partial charge in [0.15, 0.2) is 23.2 Å². The lowest BCUT2D eigenvalue weighted by atomic mass is 10.1. The van der Waals surface area contributed by atoms with Crippen LogP contribution in [0.3, 0.4) is 0 Å². The largest absolute Gasteiger partial charge is 0.472 e. The molecule has 5 rings (SSSR count). The summed E-state index contributed by atoms with van der Waals surface area (Å²) in [6.07, 6.45) is -1.42. The number of benzene rings is 1. The summed E-state index contributed by atoms with van der Waals surface area (Å²) in [7, 11) is -4.24. The van der Waals surface area contributed by atoms with E-state index in [1.54, 1.807) is 30.3 Å². The fourth-order valence-electron chi connectivity index (χ4n) is 3.46. The van der Waals surface area contributed by atoms with Crippen molar-refractivity contribution in [3.63, 3.8) is 0 Å². The van der Waals surface area contributed by atoms with E-state index >= 15 is 0 Å². The van der Waals surface area contributed by atoms with Gasteiger partial charge >= 0.3 is 7.82 Å². The predicted octanol–water partition coefficient (Wildman–Crippen LogP) is 0.853. The van der Waals surface area contributed by atoms with Crippen molar-refractivity contribution < 1.29 is 33.1 Å². The van der Waals surface area contributed by atoms with E-state index in [4.69, 9.17) is 13.8 Å². The van der Waals surface area contributed by atoms with E-state index in [1.807, 2.05) is 0 Å². The van der Waals surface area contributed by atoms with Crippen LogP contribution < -0.4 is 5.32 Å². The van der Waals surface area contributed by atoms with E-state index in [9.17, 15) is 19.4 Å².